The molecule has 0 aliphatic heterocycles. The van der Waals surface area contributed by atoms with Crippen LogP contribution in [0.5, 0.6) is 5.75 Å². The summed E-state index contributed by atoms with van der Waals surface area (Å²) >= 11 is 5.44. The molecule has 1 aromatic carbocycles. The lowest BCUT2D eigenvalue weighted by atomic mass is 10.2. The lowest BCUT2D eigenvalue weighted by molar-refractivity contribution is 0.432. The third kappa shape index (κ3) is 2.74. The van der Waals surface area contributed by atoms with Crippen molar-refractivity contribution in [2.45, 2.75) is 6.42 Å². The average Bonchev–Trinajstić information content (AvgIpc) is 2.13. The van der Waals surface area contributed by atoms with Gasteiger partial charge in [0.1, 0.15) is 0 Å². The Bertz CT molecular complexity index is 310. The number of allylic oxidation sites excluding steroid dienone is 1. The second-order valence-corrected chi connectivity index (χ2v) is 2.94. The molecule has 0 saturated carbocycles. The van der Waals surface area contributed by atoms with E-state index in [9.17, 15) is 4.39 Å². The molecule has 1 aromatic rings. The van der Waals surface area contributed by atoms with Crippen molar-refractivity contribution in [2.24, 2.45) is 0 Å². The van der Waals surface area contributed by atoms with E-state index in [1.165, 1.54) is 6.07 Å². The Balaban J connectivity index is 2.83. The van der Waals surface area contributed by atoms with E-state index in [2.05, 4.69) is 0 Å². The van der Waals surface area contributed by atoms with Crippen molar-refractivity contribution in [1.82, 2.24) is 0 Å². The van der Waals surface area contributed by atoms with Gasteiger partial charge < -0.3 is 5.11 Å². The summed E-state index contributed by atoms with van der Waals surface area (Å²) in [7, 11) is 0. The number of benzene rings is 1. The van der Waals surface area contributed by atoms with E-state index < -0.39 is 5.82 Å². The fourth-order valence-corrected chi connectivity index (χ4v) is 1.07. The van der Waals surface area contributed by atoms with E-state index in [4.69, 9.17) is 16.7 Å². The van der Waals surface area contributed by atoms with Crippen LogP contribution in [0.3, 0.4) is 0 Å². The molecule has 0 fully saturated rings. The van der Waals surface area contributed by atoms with E-state index >= 15 is 0 Å². The largest absolute Gasteiger partial charge is 0.505 e. The minimum atomic E-state index is -0.590. The first-order valence-corrected chi connectivity index (χ1v) is 4.49. The van der Waals surface area contributed by atoms with Crippen LogP contribution in [0.1, 0.15) is 12.0 Å². The highest BCUT2D eigenvalue weighted by Gasteiger charge is 2.02. The molecule has 0 amide bonds. The Morgan fingerprint density at radius 1 is 1.46 bits per heavy atom. The molecular weight excluding hydrogens is 191 g/mol. The van der Waals surface area contributed by atoms with Gasteiger partial charge in [-0.25, -0.2) is 4.39 Å². The molecule has 0 unspecified atom stereocenters. The molecule has 0 atom stereocenters. The second-order valence-electron chi connectivity index (χ2n) is 2.56. The smallest absolute Gasteiger partial charge is 0.171 e. The lowest BCUT2D eigenvalue weighted by Gasteiger charge is -1.98. The lowest BCUT2D eigenvalue weighted by Crippen LogP contribution is -1.81. The van der Waals surface area contributed by atoms with Gasteiger partial charge in [-0.05, 0) is 12.5 Å². The van der Waals surface area contributed by atoms with E-state index in [0.29, 0.717) is 17.9 Å². The fourth-order valence-electron chi connectivity index (χ4n) is 0.939. The van der Waals surface area contributed by atoms with Gasteiger partial charge in [-0.3, -0.25) is 0 Å². The Labute approximate surface area is 81.5 Å². The predicted molar refractivity (Wildman–Crippen MR) is 52.4 cm³/mol. The van der Waals surface area contributed by atoms with Crippen molar-refractivity contribution in [3.63, 3.8) is 0 Å². The number of phenols is 1. The van der Waals surface area contributed by atoms with Gasteiger partial charge in [0.25, 0.3) is 0 Å². The van der Waals surface area contributed by atoms with Crippen molar-refractivity contribution in [1.29, 1.82) is 0 Å². The van der Waals surface area contributed by atoms with Crippen molar-refractivity contribution in [2.75, 3.05) is 5.88 Å². The zero-order valence-corrected chi connectivity index (χ0v) is 7.76. The first kappa shape index (κ1) is 10.1. The molecule has 0 bridgehead atoms. The van der Waals surface area contributed by atoms with E-state index in [0.717, 1.165) is 0 Å². The molecule has 0 aliphatic rings. The third-order valence-electron chi connectivity index (χ3n) is 1.58. The third-order valence-corrected chi connectivity index (χ3v) is 1.80. The highest BCUT2D eigenvalue weighted by atomic mass is 35.5. The first-order valence-electron chi connectivity index (χ1n) is 3.95. The van der Waals surface area contributed by atoms with Gasteiger partial charge in [-0.1, -0.05) is 24.3 Å². The van der Waals surface area contributed by atoms with Crippen LogP contribution in [0.15, 0.2) is 24.3 Å². The van der Waals surface area contributed by atoms with Crippen LogP contribution in [-0.2, 0) is 0 Å². The fraction of sp³-hybridized carbons (Fsp3) is 0.200. The zero-order chi connectivity index (χ0) is 9.68. The minimum Gasteiger partial charge on any atom is -0.505 e. The molecule has 70 valence electrons. The maximum atomic E-state index is 13.1. The van der Waals surface area contributed by atoms with Crippen LogP contribution in [0.25, 0.3) is 6.08 Å². The summed E-state index contributed by atoms with van der Waals surface area (Å²) in [5.74, 6) is -0.405. The number of aromatic hydroxyl groups is 1. The summed E-state index contributed by atoms with van der Waals surface area (Å²) in [6.45, 7) is 0. The first-order chi connectivity index (χ1) is 6.25. The number of hydrogen-bond donors (Lipinski definition) is 1. The standard InChI is InChI=1S/C10H10ClFO/c11-7-2-1-4-8-5-3-6-9(13)10(8)12/h1,3-6,13H,2,7H2. The normalized spacial score (nSPS) is 10.9. The van der Waals surface area contributed by atoms with Gasteiger partial charge in [0.05, 0.1) is 0 Å². The van der Waals surface area contributed by atoms with Gasteiger partial charge >= 0.3 is 0 Å². The van der Waals surface area contributed by atoms with E-state index in [1.807, 2.05) is 0 Å². The Morgan fingerprint density at radius 2 is 2.23 bits per heavy atom. The Kier molecular flexibility index (Phi) is 3.77. The highest BCUT2D eigenvalue weighted by molar-refractivity contribution is 6.17. The number of alkyl halides is 1. The molecule has 0 spiro atoms. The molecule has 1 N–H and O–H groups in total. The summed E-state index contributed by atoms with van der Waals surface area (Å²) in [6.07, 6.45) is 4.07. The number of hydrogen-bond acceptors (Lipinski definition) is 1. The van der Waals surface area contributed by atoms with Crippen LogP contribution < -0.4 is 0 Å². The van der Waals surface area contributed by atoms with Crippen LogP contribution in [0.4, 0.5) is 4.39 Å². The van der Waals surface area contributed by atoms with Gasteiger partial charge in [0, 0.05) is 11.4 Å². The van der Waals surface area contributed by atoms with Gasteiger partial charge in [0.15, 0.2) is 11.6 Å². The molecule has 0 saturated heterocycles. The molecule has 0 radical (unpaired) electrons. The van der Waals surface area contributed by atoms with Crippen LogP contribution >= 0.6 is 11.6 Å². The number of halogens is 2. The highest BCUT2D eigenvalue weighted by Crippen LogP contribution is 2.19. The predicted octanol–water partition coefficient (Wildman–Crippen LogP) is 3.17. The molecule has 13 heavy (non-hydrogen) atoms. The zero-order valence-electron chi connectivity index (χ0n) is 7.00. The average molecular weight is 201 g/mol. The minimum absolute atomic E-state index is 0.326. The van der Waals surface area contributed by atoms with Gasteiger partial charge in [-0.15, -0.1) is 11.6 Å². The van der Waals surface area contributed by atoms with Crippen molar-refractivity contribution in [3.05, 3.63) is 35.7 Å². The van der Waals surface area contributed by atoms with E-state index in [-0.39, 0.29) is 5.75 Å². The summed E-state index contributed by atoms with van der Waals surface area (Å²) in [5, 5.41) is 9.02. The summed E-state index contributed by atoms with van der Waals surface area (Å²) in [4.78, 5) is 0. The SMILES string of the molecule is Oc1cccc(C=CCCCl)c1F. The van der Waals surface area contributed by atoms with E-state index in [1.54, 1.807) is 24.3 Å². The maximum Gasteiger partial charge on any atom is 0.171 e. The van der Waals surface area contributed by atoms with Crippen molar-refractivity contribution < 1.29 is 9.50 Å². The molecule has 1 rings (SSSR count). The number of phenolic OH excluding ortho intramolecular Hbond substituents is 1. The molecule has 0 aromatic heterocycles. The van der Waals surface area contributed by atoms with Crippen molar-refractivity contribution in [3.8, 4) is 5.75 Å². The monoisotopic (exact) mass is 200 g/mol. The second kappa shape index (κ2) is 4.87. The molecular formula is C10H10ClFO. The molecule has 0 aliphatic carbocycles. The van der Waals surface area contributed by atoms with Gasteiger partial charge in [-0.2, -0.15) is 0 Å². The molecule has 3 heteroatoms. The van der Waals surface area contributed by atoms with Crippen LogP contribution in [0, 0.1) is 5.82 Å². The number of rotatable bonds is 3. The van der Waals surface area contributed by atoms with Crippen LogP contribution in [-0.4, -0.2) is 11.0 Å². The summed E-state index contributed by atoms with van der Waals surface area (Å²) in [5.41, 5.74) is 0.380. The Hall–Kier alpha value is -1.02. The summed E-state index contributed by atoms with van der Waals surface area (Å²) < 4.78 is 13.1. The molecule has 0 heterocycles. The summed E-state index contributed by atoms with van der Waals surface area (Å²) in [6, 6.07) is 4.51. The quantitative estimate of drug-likeness (QED) is 0.744. The maximum absolute atomic E-state index is 13.1. The Morgan fingerprint density at radius 3 is 2.92 bits per heavy atom. The van der Waals surface area contributed by atoms with Crippen LogP contribution in [0.2, 0.25) is 0 Å². The molecule has 1 nitrogen and oxygen atoms in total. The van der Waals surface area contributed by atoms with Crippen molar-refractivity contribution >= 4 is 17.7 Å². The van der Waals surface area contributed by atoms with Gasteiger partial charge in [0.2, 0.25) is 0 Å². The topological polar surface area (TPSA) is 20.2 Å².